The second-order valence-corrected chi connectivity index (χ2v) is 5.66. The van der Waals surface area contributed by atoms with Crippen LogP contribution >= 0.6 is 43.2 Å². The molecular formula is C10H8Br2S. The highest BCUT2D eigenvalue weighted by molar-refractivity contribution is 9.10. The van der Waals surface area contributed by atoms with Crippen LogP contribution in [-0.4, -0.2) is 0 Å². The lowest BCUT2D eigenvalue weighted by Crippen LogP contribution is -1.76. The molecule has 0 aliphatic carbocycles. The first-order valence-corrected chi connectivity index (χ1v) is 6.68. The monoisotopic (exact) mass is 318 g/mol. The van der Waals surface area contributed by atoms with Gasteiger partial charge in [0.05, 0.1) is 0 Å². The number of aryl methyl sites for hydroxylation is 1. The van der Waals surface area contributed by atoms with Gasteiger partial charge < -0.3 is 0 Å². The van der Waals surface area contributed by atoms with Gasteiger partial charge >= 0.3 is 0 Å². The van der Waals surface area contributed by atoms with E-state index in [0.717, 1.165) is 5.33 Å². The topological polar surface area (TPSA) is 0 Å². The summed E-state index contributed by atoms with van der Waals surface area (Å²) in [4.78, 5) is 1.36. The molecule has 0 saturated carbocycles. The number of hydrogen-bond donors (Lipinski definition) is 0. The summed E-state index contributed by atoms with van der Waals surface area (Å²) in [5.41, 5.74) is 1.32. The molecular weight excluding hydrogens is 312 g/mol. The van der Waals surface area contributed by atoms with E-state index < -0.39 is 0 Å². The van der Waals surface area contributed by atoms with E-state index in [9.17, 15) is 0 Å². The van der Waals surface area contributed by atoms with Crippen LogP contribution in [0, 0.1) is 6.92 Å². The maximum absolute atomic E-state index is 3.59. The Labute approximate surface area is 98.2 Å². The molecule has 68 valence electrons. The fourth-order valence-electron chi connectivity index (χ4n) is 1.37. The largest absolute Gasteiger partial charge is 0.139 e. The average molecular weight is 320 g/mol. The molecule has 1 heterocycles. The zero-order chi connectivity index (χ0) is 9.42. The summed E-state index contributed by atoms with van der Waals surface area (Å²) >= 11 is 8.89. The third-order valence-corrected chi connectivity index (χ3v) is 4.54. The van der Waals surface area contributed by atoms with Gasteiger partial charge in [-0.2, -0.15) is 0 Å². The van der Waals surface area contributed by atoms with Gasteiger partial charge in [-0.25, -0.2) is 0 Å². The smallest absolute Gasteiger partial charge is 0.0487 e. The summed E-state index contributed by atoms with van der Waals surface area (Å²) in [6, 6.07) is 6.64. The molecule has 0 atom stereocenters. The molecule has 0 saturated heterocycles. The van der Waals surface area contributed by atoms with Gasteiger partial charge in [0.15, 0.2) is 0 Å². The van der Waals surface area contributed by atoms with Gasteiger partial charge in [-0.1, -0.05) is 15.9 Å². The van der Waals surface area contributed by atoms with Crippen molar-refractivity contribution in [3.63, 3.8) is 0 Å². The second-order valence-electron chi connectivity index (χ2n) is 2.99. The number of alkyl halides is 1. The van der Waals surface area contributed by atoms with E-state index in [1.807, 2.05) is 11.3 Å². The molecule has 0 unspecified atom stereocenters. The number of rotatable bonds is 1. The first-order valence-electron chi connectivity index (χ1n) is 3.95. The minimum atomic E-state index is 0.913. The predicted octanol–water partition coefficient (Wildman–Crippen LogP) is 4.87. The van der Waals surface area contributed by atoms with Crippen molar-refractivity contribution >= 4 is 53.3 Å². The maximum atomic E-state index is 3.59. The lowest BCUT2D eigenvalue weighted by atomic mass is 10.2. The number of hydrogen-bond acceptors (Lipinski definition) is 1. The van der Waals surface area contributed by atoms with Crippen LogP contribution in [0.5, 0.6) is 0 Å². The zero-order valence-electron chi connectivity index (χ0n) is 7.10. The van der Waals surface area contributed by atoms with Crippen molar-refractivity contribution in [3.8, 4) is 0 Å². The van der Waals surface area contributed by atoms with Crippen molar-refractivity contribution in [1.29, 1.82) is 0 Å². The molecule has 0 spiro atoms. The number of thiophene rings is 1. The van der Waals surface area contributed by atoms with Crippen LogP contribution in [0.4, 0.5) is 0 Å². The van der Waals surface area contributed by atoms with Crippen molar-refractivity contribution in [1.82, 2.24) is 0 Å². The van der Waals surface area contributed by atoms with Crippen LogP contribution < -0.4 is 0 Å². The van der Waals surface area contributed by atoms with Gasteiger partial charge in [0.1, 0.15) is 0 Å². The van der Waals surface area contributed by atoms with E-state index in [0.29, 0.717) is 0 Å². The Morgan fingerprint density at radius 1 is 1.31 bits per heavy atom. The summed E-state index contributed by atoms with van der Waals surface area (Å²) in [6.07, 6.45) is 0. The van der Waals surface area contributed by atoms with Crippen molar-refractivity contribution in [2.45, 2.75) is 12.3 Å². The zero-order valence-corrected chi connectivity index (χ0v) is 11.1. The lowest BCUT2D eigenvalue weighted by molar-refractivity contribution is 1.46. The van der Waals surface area contributed by atoms with Crippen LogP contribution in [0.1, 0.15) is 10.4 Å². The maximum Gasteiger partial charge on any atom is 0.0487 e. The van der Waals surface area contributed by atoms with Gasteiger partial charge in [0.25, 0.3) is 0 Å². The quantitative estimate of drug-likeness (QED) is 0.658. The highest BCUT2D eigenvalue weighted by Crippen LogP contribution is 2.33. The molecule has 0 aliphatic rings. The van der Waals surface area contributed by atoms with Crippen LogP contribution in [-0.2, 0) is 5.33 Å². The summed E-state index contributed by atoms with van der Waals surface area (Å²) in [6.45, 7) is 2.14. The molecule has 0 amide bonds. The molecule has 1 aromatic carbocycles. The Morgan fingerprint density at radius 3 is 2.77 bits per heavy atom. The minimum absolute atomic E-state index is 0.913. The molecule has 1 aromatic heterocycles. The van der Waals surface area contributed by atoms with Crippen LogP contribution in [0.2, 0.25) is 0 Å². The first-order chi connectivity index (χ1) is 6.20. The highest BCUT2D eigenvalue weighted by Gasteiger charge is 2.04. The van der Waals surface area contributed by atoms with E-state index in [1.165, 1.54) is 25.0 Å². The summed E-state index contributed by atoms with van der Waals surface area (Å²) in [5.74, 6) is 0. The Morgan fingerprint density at radius 2 is 2.08 bits per heavy atom. The van der Waals surface area contributed by atoms with Gasteiger partial charge in [-0.15, -0.1) is 11.3 Å². The van der Waals surface area contributed by atoms with Gasteiger partial charge in [-0.3, -0.25) is 0 Å². The summed E-state index contributed by atoms with van der Waals surface area (Å²) < 4.78 is 2.56. The Hall–Kier alpha value is 0.140. The SMILES string of the molecule is Cc1cc2cc(CBr)cc(Br)c2s1. The molecule has 13 heavy (non-hydrogen) atoms. The van der Waals surface area contributed by atoms with Crippen molar-refractivity contribution in [2.75, 3.05) is 0 Å². The molecule has 0 radical (unpaired) electrons. The van der Waals surface area contributed by atoms with E-state index in [1.54, 1.807) is 0 Å². The molecule has 0 N–H and O–H groups in total. The summed E-state index contributed by atoms with van der Waals surface area (Å²) in [5, 5.41) is 2.25. The predicted molar refractivity (Wildman–Crippen MR) is 66.9 cm³/mol. The van der Waals surface area contributed by atoms with Crippen LogP contribution in [0.3, 0.4) is 0 Å². The molecule has 3 heteroatoms. The Kier molecular flexibility index (Phi) is 2.77. The van der Waals surface area contributed by atoms with Crippen LogP contribution in [0.15, 0.2) is 22.7 Å². The van der Waals surface area contributed by atoms with Gasteiger partial charge in [0.2, 0.25) is 0 Å². The number of benzene rings is 1. The average Bonchev–Trinajstić information content (AvgIpc) is 2.46. The molecule has 0 nitrogen and oxygen atoms in total. The fourth-order valence-corrected chi connectivity index (χ4v) is 3.36. The van der Waals surface area contributed by atoms with E-state index in [2.05, 4.69) is 57.0 Å². The van der Waals surface area contributed by atoms with E-state index >= 15 is 0 Å². The van der Waals surface area contributed by atoms with E-state index in [-0.39, 0.29) is 0 Å². The first kappa shape index (κ1) is 9.69. The second kappa shape index (κ2) is 3.71. The highest BCUT2D eigenvalue weighted by atomic mass is 79.9. The van der Waals surface area contributed by atoms with Gasteiger partial charge in [-0.05, 0) is 52.0 Å². The van der Waals surface area contributed by atoms with Crippen molar-refractivity contribution in [3.05, 3.63) is 33.1 Å². The summed E-state index contributed by atoms with van der Waals surface area (Å²) in [7, 11) is 0. The third kappa shape index (κ3) is 1.83. The Bertz CT molecular complexity index is 445. The van der Waals surface area contributed by atoms with Crippen molar-refractivity contribution in [2.24, 2.45) is 0 Å². The normalized spacial score (nSPS) is 11.0. The van der Waals surface area contributed by atoms with Crippen molar-refractivity contribution < 1.29 is 0 Å². The molecule has 0 bridgehead atoms. The van der Waals surface area contributed by atoms with Gasteiger partial charge in [0, 0.05) is 19.4 Å². The molecule has 2 aromatic rings. The van der Waals surface area contributed by atoms with E-state index in [4.69, 9.17) is 0 Å². The number of fused-ring (bicyclic) bond motifs is 1. The fraction of sp³-hybridized carbons (Fsp3) is 0.200. The third-order valence-electron chi connectivity index (χ3n) is 1.91. The number of halogens is 2. The van der Waals surface area contributed by atoms with Crippen LogP contribution in [0.25, 0.3) is 10.1 Å². The standard InChI is InChI=1S/C10H8Br2S/c1-6-2-8-3-7(5-11)4-9(12)10(8)13-6/h2-4H,5H2,1H3. The molecule has 2 rings (SSSR count). The Balaban J connectivity index is 2.75. The molecule has 0 fully saturated rings. The molecule has 0 aliphatic heterocycles. The lowest BCUT2D eigenvalue weighted by Gasteiger charge is -1.98. The minimum Gasteiger partial charge on any atom is -0.139 e.